The smallest absolute Gasteiger partial charge is 0.196 e. The number of ketones is 1. The van der Waals surface area contributed by atoms with Gasteiger partial charge in [-0.15, -0.1) is 0 Å². The summed E-state index contributed by atoms with van der Waals surface area (Å²) in [6.07, 6.45) is 0. The zero-order chi connectivity index (χ0) is 14.0. The molecule has 0 fully saturated rings. The quantitative estimate of drug-likeness (QED) is 0.785. The first-order valence-corrected chi connectivity index (χ1v) is 5.99. The molecule has 0 atom stereocenters. The van der Waals surface area contributed by atoms with Gasteiger partial charge in [0.1, 0.15) is 0 Å². The van der Waals surface area contributed by atoms with Crippen molar-refractivity contribution in [3.63, 3.8) is 0 Å². The van der Waals surface area contributed by atoms with Crippen molar-refractivity contribution in [1.29, 1.82) is 0 Å². The fourth-order valence-electron chi connectivity index (χ4n) is 2.15. The fourth-order valence-corrected chi connectivity index (χ4v) is 2.15. The van der Waals surface area contributed by atoms with Crippen LogP contribution >= 0.6 is 0 Å². The zero-order valence-corrected chi connectivity index (χ0v) is 11.2. The monoisotopic (exact) mass is 258 g/mol. The van der Waals surface area contributed by atoms with Crippen molar-refractivity contribution in [1.82, 2.24) is 0 Å². The average Bonchev–Trinajstić information content (AvgIpc) is 2.38. The van der Waals surface area contributed by atoms with Gasteiger partial charge in [-0.3, -0.25) is 4.79 Å². The summed E-state index contributed by atoms with van der Waals surface area (Å²) in [5.41, 5.74) is 2.27. The van der Waals surface area contributed by atoms with Crippen molar-refractivity contribution in [3.05, 3.63) is 64.5 Å². The Morgan fingerprint density at radius 1 is 1.05 bits per heavy atom. The Labute approximate surface area is 111 Å². The molecular formula is C16H15FO2. The van der Waals surface area contributed by atoms with Crippen molar-refractivity contribution >= 4 is 5.78 Å². The van der Waals surface area contributed by atoms with Crippen LogP contribution in [-0.4, -0.2) is 12.9 Å². The second-order valence-electron chi connectivity index (χ2n) is 4.42. The predicted octanol–water partition coefficient (Wildman–Crippen LogP) is 3.68. The molecule has 0 aromatic heterocycles. The van der Waals surface area contributed by atoms with E-state index < -0.39 is 5.82 Å². The van der Waals surface area contributed by atoms with E-state index >= 15 is 0 Å². The third kappa shape index (κ3) is 2.36. The topological polar surface area (TPSA) is 26.3 Å². The van der Waals surface area contributed by atoms with E-state index in [-0.39, 0.29) is 17.1 Å². The third-order valence-electron chi connectivity index (χ3n) is 3.14. The highest BCUT2D eigenvalue weighted by atomic mass is 19.1. The molecule has 0 aliphatic heterocycles. The van der Waals surface area contributed by atoms with Crippen molar-refractivity contribution in [2.24, 2.45) is 0 Å². The summed E-state index contributed by atoms with van der Waals surface area (Å²) in [7, 11) is 1.38. The molecule has 0 aliphatic rings. The van der Waals surface area contributed by atoms with Gasteiger partial charge < -0.3 is 4.74 Å². The molecule has 0 N–H and O–H groups in total. The number of rotatable bonds is 3. The Kier molecular flexibility index (Phi) is 3.65. The van der Waals surface area contributed by atoms with E-state index in [2.05, 4.69) is 0 Å². The number of carbonyl (C=O) groups excluding carboxylic acids is 1. The van der Waals surface area contributed by atoms with E-state index in [9.17, 15) is 9.18 Å². The van der Waals surface area contributed by atoms with E-state index in [4.69, 9.17) is 4.74 Å². The summed E-state index contributed by atoms with van der Waals surface area (Å²) in [5.74, 6) is -0.846. The summed E-state index contributed by atoms with van der Waals surface area (Å²) < 4.78 is 19.0. The number of hydrogen-bond acceptors (Lipinski definition) is 2. The number of benzene rings is 2. The Balaban J connectivity index is 2.57. The highest BCUT2D eigenvalue weighted by Gasteiger charge is 2.19. The van der Waals surface area contributed by atoms with Crippen LogP contribution in [0.3, 0.4) is 0 Å². The van der Waals surface area contributed by atoms with Crippen LogP contribution in [0.4, 0.5) is 4.39 Å². The number of halogens is 1. The molecule has 98 valence electrons. The lowest BCUT2D eigenvalue weighted by Crippen LogP contribution is -2.09. The van der Waals surface area contributed by atoms with Gasteiger partial charge in [-0.05, 0) is 37.1 Å². The van der Waals surface area contributed by atoms with Crippen LogP contribution in [0.25, 0.3) is 0 Å². The van der Waals surface area contributed by atoms with Crippen LogP contribution in [0.1, 0.15) is 27.0 Å². The molecule has 2 nitrogen and oxygen atoms in total. The van der Waals surface area contributed by atoms with Gasteiger partial charge in [0, 0.05) is 5.56 Å². The summed E-state index contributed by atoms with van der Waals surface area (Å²) >= 11 is 0. The first-order chi connectivity index (χ1) is 9.06. The predicted molar refractivity (Wildman–Crippen MR) is 72.3 cm³/mol. The van der Waals surface area contributed by atoms with E-state index in [1.807, 2.05) is 32.0 Å². The highest BCUT2D eigenvalue weighted by molar-refractivity contribution is 6.11. The van der Waals surface area contributed by atoms with Crippen molar-refractivity contribution < 1.29 is 13.9 Å². The van der Waals surface area contributed by atoms with Gasteiger partial charge in [-0.1, -0.05) is 24.3 Å². The van der Waals surface area contributed by atoms with Gasteiger partial charge in [-0.2, -0.15) is 0 Å². The molecule has 0 saturated carbocycles. The van der Waals surface area contributed by atoms with E-state index in [1.165, 1.54) is 19.2 Å². The number of methoxy groups -OCH3 is 1. The van der Waals surface area contributed by atoms with E-state index in [0.717, 1.165) is 11.1 Å². The molecule has 0 spiro atoms. The Bertz CT molecular complexity index is 612. The second-order valence-corrected chi connectivity index (χ2v) is 4.42. The summed E-state index contributed by atoms with van der Waals surface area (Å²) in [6, 6.07) is 10.2. The summed E-state index contributed by atoms with van der Waals surface area (Å²) in [4.78, 5) is 12.5. The van der Waals surface area contributed by atoms with E-state index in [1.54, 1.807) is 6.07 Å². The normalized spacial score (nSPS) is 10.3. The minimum Gasteiger partial charge on any atom is -0.494 e. The summed E-state index contributed by atoms with van der Waals surface area (Å²) in [6.45, 7) is 3.69. The van der Waals surface area contributed by atoms with Crippen LogP contribution in [0, 0.1) is 19.7 Å². The van der Waals surface area contributed by atoms with Gasteiger partial charge >= 0.3 is 0 Å². The number of hydrogen-bond donors (Lipinski definition) is 0. The Hall–Kier alpha value is -2.16. The Morgan fingerprint density at radius 3 is 2.21 bits per heavy atom. The molecule has 0 radical (unpaired) electrons. The maximum absolute atomic E-state index is 14.1. The molecule has 19 heavy (non-hydrogen) atoms. The standard InChI is InChI=1S/C16H15FO2/c1-10-6-4-7-11(2)14(10)16(18)12-8-5-9-13(19-3)15(12)17/h4-9H,1-3H3. The van der Waals surface area contributed by atoms with Crippen molar-refractivity contribution in [2.45, 2.75) is 13.8 Å². The second kappa shape index (κ2) is 5.22. The lowest BCUT2D eigenvalue weighted by Gasteiger charge is -2.10. The van der Waals surface area contributed by atoms with Crippen LogP contribution in [0.5, 0.6) is 5.75 Å². The van der Waals surface area contributed by atoms with Crippen molar-refractivity contribution in [3.8, 4) is 5.75 Å². The van der Waals surface area contributed by atoms with Gasteiger partial charge in [0.15, 0.2) is 17.3 Å². The maximum atomic E-state index is 14.1. The Morgan fingerprint density at radius 2 is 1.63 bits per heavy atom. The van der Waals surface area contributed by atoms with Crippen LogP contribution < -0.4 is 4.74 Å². The summed E-state index contributed by atoms with van der Waals surface area (Å²) in [5, 5.41) is 0. The van der Waals surface area contributed by atoms with Crippen LogP contribution in [0.2, 0.25) is 0 Å². The molecule has 2 aromatic rings. The van der Waals surface area contributed by atoms with Gasteiger partial charge in [0.25, 0.3) is 0 Å². The average molecular weight is 258 g/mol. The SMILES string of the molecule is COc1cccc(C(=O)c2c(C)cccc2C)c1F. The zero-order valence-electron chi connectivity index (χ0n) is 11.2. The molecule has 2 rings (SSSR count). The molecule has 0 aliphatic carbocycles. The number of ether oxygens (including phenoxy) is 1. The van der Waals surface area contributed by atoms with Gasteiger partial charge in [0.2, 0.25) is 0 Å². The third-order valence-corrected chi connectivity index (χ3v) is 3.14. The van der Waals surface area contributed by atoms with Gasteiger partial charge in [0.05, 0.1) is 12.7 Å². The molecule has 0 unspecified atom stereocenters. The molecule has 2 aromatic carbocycles. The molecule has 3 heteroatoms. The molecule has 0 bridgehead atoms. The number of carbonyl (C=O) groups is 1. The van der Waals surface area contributed by atoms with Crippen LogP contribution in [0.15, 0.2) is 36.4 Å². The maximum Gasteiger partial charge on any atom is 0.196 e. The lowest BCUT2D eigenvalue weighted by molar-refractivity contribution is 0.103. The molecule has 0 amide bonds. The number of aryl methyl sites for hydroxylation is 2. The lowest BCUT2D eigenvalue weighted by atomic mass is 9.94. The highest BCUT2D eigenvalue weighted by Crippen LogP contribution is 2.24. The minimum absolute atomic E-state index is 0.0387. The first kappa shape index (κ1) is 13.3. The van der Waals surface area contributed by atoms with E-state index in [0.29, 0.717) is 5.56 Å². The van der Waals surface area contributed by atoms with Gasteiger partial charge in [-0.25, -0.2) is 4.39 Å². The molecule has 0 saturated heterocycles. The van der Waals surface area contributed by atoms with Crippen molar-refractivity contribution in [2.75, 3.05) is 7.11 Å². The molecular weight excluding hydrogens is 243 g/mol. The molecule has 0 heterocycles. The largest absolute Gasteiger partial charge is 0.494 e. The van der Waals surface area contributed by atoms with Crippen LogP contribution in [-0.2, 0) is 0 Å². The fraction of sp³-hybridized carbons (Fsp3) is 0.188. The first-order valence-electron chi connectivity index (χ1n) is 5.99. The minimum atomic E-state index is -0.613.